The van der Waals surface area contributed by atoms with E-state index in [9.17, 15) is 9.59 Å². The van der Waals surface area contributed by atoms with Crippen molar-refractivity contribution in [2.24, 2.45) is 0 Å². The molecule has 0 saturated carbocycles. The number of urea groups is 1. The molecule has 1 N–H and O–H groups in total. The van der Waals surface area contributed by atoms with Gasteiger partial charge in [0.05, 0.1) is 13.2 Å². The predicted octanol–water partition coefficient (Wildman–Crippen LogP) is 4.06. The molecule has 4 rings (SSSR count). The number of hydrogen-bond donors (Lipinski definition) is 1. The van der Waals surface area contributed by atoms with Crippen LogP contribution in [0.5, 0.6) is 5.75 Å². The number of carbonyl (C=O) groups is 2. The fraction of sp³-hybridized carbons (Fsp3) is 0.423. The second kappa shape index (κ2) is 11.2. The van der Waals surface area contributed by atoms with Gasteiger partial charge in [0, 0.05) is 50.5 Å². The highest BCUT2D eigenvalue weighted by atomic mass is 16.5. The standard InChI is InChI=1S/C26H33N5O4/c1-4-30(5-2)25(32)19-7-12-23-22(17-19)28-24(35-23)18-29-13-15-31(16-14-29)26(33)27-20-8-10-21(11-9-20)34-6-3/h7-12,17H,4-6,13-16,18H2,1-3H3,(H,27,33). The maximum absolute atomic E-state index is 12.6. The Morgan fingerprint density at radius 2 is 1.74 bits per heavy atom. The van der Waals surface area contributed by atoms with Gasteiger partial charge in [-0.05, 0) is 63.2 Å². The molecule has 35 heavy (non-hydrogen) atoms. The largest absolute Gasteiger partial charge is 0.494 e. The van der Waals surface area contributed by atoms with Crippen LogP contribution in [0, 0.1) is 0 Å². The Balaban J connectivity index is 1.30. The zero-order valence-corrected chi connectivity index (χ0v) is 20.6. The van der Waals surface area contributed by atoms with Gasteiger partial charge in [0.1, 0.15) is 11.3 Å². The lowest BCUT2D eigenvalue weighted by molar-refractivity contribution is 0.0773. The fourth-order valence-electron chi connectivity index (χ4n) is 4.17. The van der Waals surface area contributed by atoms with Crippen molar-refractivity contribution in [3.63, 3.8) is 0 Å². The first-order valence-electron chi connectivity index (χ1n) is 12.2. The summed E-state index contributed by atoms with van der Waals surface area (Å²) in [7, 11) is 0. The lowest BCUT2D eigenvalue weighted by atomic mass is 10.2. The molecule has 1 aromatic heterocycles. The minimum atomic E-state index is -0.110. The molecular formula is C26H33N5O4. The normalized spacial score (nSPS) is 14.2. The van der Waals surface area contributed by atoms with E-state index < -0.39 is 0 Å². The number of hydrogen-bond acceptors (Lipinski definition) is 6. The maximum atomic E-state index is 12.6. The van der Waals surface area contributed by atoms with Crippen LogP contribution in [0.2, 0.25) is 0 Å². The molecule has 1 saturated heterocycles. The van der Waals surface area contributed by atoms with E-state index in [4.69, 9.17) is 9.15 Å². The predicted molar refractivity (Wildman–Crippen MR) is 135 cm³/mol. The summed E-state index contributed by atoms with van der Waals surface area (Å²) < 4.78 is 11.4. The number of fused-ring (bicyclic) bond motifs is 1. The minimum absolute atomic E-state index is 0.00100. The molecule has 0 unspecified atom stereocenters. The fourth-order valence-corrected chi connectivity index (χ4v) is 4.17. The van der Waals surface area contributed by atoms with Gasteiger partial charge in [0.2, 0.25) is 5.89 Å². The molecule has 0 aliphatic carbocycles. The molecule has 3 amide bonds. The van der Waals surface area contributed by atoms with Crippen molar-refractivity contribution in [1.82, 2.24) is 19.7 Å². The lowest BCUT2D eigenvalue weighted by Gasteiger charge is -2.34. The maximum Gasteiger partial charge on any atom is 0.321 e. The van der Waals surface area contributed by atoms with Gasteiger partial charge >= 0.3 is 6.03 Å². The Bertz CT molecular complexity index is 1150. The van der Waals surface area contributed by atoms with Crippen LogP contribution < -0.4 is 10.1 Å². The third-order valence-corrected chi connectivity index (χ3v) is 6.16. The van der Waals surface area contributed by atoms with Crippen molar-refractivity contribution < 1.29 is 18.7 Å². The lowest BCUT2D eigenvalue weighted by Crippen LogP contribution is -2.49. The molecule has 0 spiro atoms. The third-order valence-electron chi connectivity index (χ3n) is 6.16. The quantitative estimate of drug-likeness (QED) is 0.524. The topological polar surface area (TPSA) is 91.2 Å². The summed E-state index contributed by atoms with van der Waals surface area (Å²) in [4.78, 5) is 35.7. The Labute approximate surface area is 205 Å². The molecule has 3 aromatic rings. The van der Waals surface area contributed by atoms with E-state index in [1.54, 1.807) is 17.0 Å². The van der Waals surface area contributed by atoms with E-state index in [0.717, 1.165) is 24.5 Å². The summed E-state index contributed by atoms with van der Waals surface area (Å²) in [5.41, 5.74) is 2.72. The summed E-state index contributed by atoms with van der Waals surface area (Å²) in [6.45, 7) is 11.1. The number of ether oxygens (including phenoxy) is 1. The second-order valence-electron chi connectivity index (χ2n) is 8.42. The van der Waals surface area contributed by atoms with Crippen molar-refractivity contribution in [2.75, 3.05) is 51.2 Å². The van der Waals surface area contributed by atoms with E-state index >= 15 is 0 Å². The SMILES string of the molecule is CCOc1ccc(NC(=O)N2CCN(Cc3nc4cc(C(=O)N(CC)CC)ccc4o3)CC2)cc1. The number of aromatic nitrogens is 1. The van der Waals surface area contributed by atoms with Crippen molar-refractivity contribution in [3.8, 4) is 5.75 Å². The van der Waals surface area contributed by atoms with Crippen LogP contribution in [0.4, 0.5) is 10.5 Å². The number of oxazole rings is 1. The number of amides is 3. The van der Waals surface area contributed by atoms with Gasteiger partial charge in [-0.25, -0.2) is 9.78 Å². The summed E-state index contributed by atoms with van der Waals surface area (Å²) in [6, 6.07) is 12.7. The molecule has 2 heterocycles. The molecular weight excluding hydrogens is 446 g/mol. The molecule has 0 atom stereocenters. The highest BCUT2D eigenvalue weighted by Crippen LogP contribution is 2.20. The number of rotatable bonds is 8. The van der Waals surface area contributed by atoms with Gasteiger partial charge in [0.25, 0.3) is 5.91 Å². The molecule has 186 valence electrons. The number of nitrogens with zero attached hydrogens (tertiary/aromatic N) is 4. The Morgan fingerprint density at radius 3 is 2.40 bits per heavy atom. The molecule has 1 aliphatic heterocycles. The highest BCUT2D eigenvalue weighted by Gasteiger charge is 2.23. The van der Waals surface area contributed by atoms with Crippen LogP contribution in [-0.2, 0) is 6.54 Å². The van der Waals surface area contributed by atoms with Gasteiger partial charge in [-0.15, -0.1) is 0 Å². The van der Waals surface area contributed by atoms with Crippen molar-refractivity contribution in [1.29, 1.82) is 0 Å². The first kappa shape index (κ1) is 24.5. The molecule has 9 heteroatoms. The van der Waals surface area contributed by atoms with Crippen LogP contribution in [0.3, 0.4) is 0 Å². The van der Waals surface area contributed by atoms with Crippen LogP contribution in [0.25, 0.3) is 11.1 Å². The van der Waals surface area contributed by atoms with Crippen LogP contribution in [0.1, 0.15) is 37.0 Å². The first-order valence-corrected chi connectivity index (χ1v) is 12.2. The van der Waals surface area contributed by atoms with Crippen molar-refractivity contribution in [3.05, 3.63) is 53.9 Å². The summed E-state index contributed by atoms with van der Waals surface area (Å²) in [6.07, 6.45) is 0. The Hall–Kier alpha value is -3.59. The summed E-state index contributed by atoms with van der Waals surface area (Å²) >= 11 is 0. The zero-order chi connectivity index (χ0) is 24.8. The number of carbonyl (C=O) groups excluding carboxylic acids is 2. The van der Waals surface area contributed by atoms with Crippen molar-refractivity contribution >= 4 is 28.7 Å². The number of piperazine rings is 1. The van der Waals surface area contributed by atoms with E-state index in [1.807, 2.05) is 56.0 Å². The number of nitrogens with one attached hydrogen (secondary N) is 1. The van der Waals surface area contributed by atoms with Gasteiger partial charge < -0.3 is 24.3 Å². The molecule has 0 radical (unpaired) electrons. The number of anilines is 1. The van der Waals surface area contributed by atoms with Gasteiger partial charge in [0.15, 0.2) is 5.58 Å². The molecule has 1 aliphatic rings. The van der Waals surface area contributed by atoms with Gasteiger partial charge in [-0.1, -0.05) is 0 Å². The molecule has 9 nitrogen and oxygen atoms in total. The van der Waals surface area contributed by atoms with E-state index in [0.29, 0.717) is 61.9 Å². The third kappa shape index (κ3) is 5.92. The van der Waals surface area contributed by atoms with Gasteiger partial charge in [-0.2, -0.15) is 0 Å². The van der Waals surface area contributed by atoms with E-state index in [2.05, 4.69) is 15.2 Å². The smallest absolute Gasteiger partial charge is 0.321 e. The first-order chi connectivity index (χ1) is 17.0. The zero-order valence-electron chi connectivity index (χ0n) is 20.6. The van der Waals surface area contributed by atoms with E-state index in [1.165, 1.54) is 0 Å². The highest BCUT2D eigenvalue weighted by molar-refractivity contribution is 5.97. The Kier molecular flexibility index (Phi) is 7.87. The number of benzene rings is 2. The molecule has 2 aromatic carbocycles. The van der Waals surface area contributed by atoms with Crippen molar-refractivity contribution in [2.45, 2.75) is 27.3 Å². The average Bonchev–Trinajstić information content (AvgIpc) is 3.28. The summed E-state index contributed by atoms with van der Waals surface area (Å²) in [5.74, 6) is 1.39. The van der Waals surface area contributed by atoms with Crippen LogP contribution in [-0.4, -0.2) is 77.5 Å². The monoisotopic (exact) mass is 479 g/mol. The van der Waals surface area contributed by atoms with Gasteiger partial charge in [-0.3, -0.25) is 9.69 Å². The minimum Gasteiger partial charge on any atom is -0.494 e. The molecule has 1 fully saturated rings. The Morgan fingerprint density at radius 1 is 1.03 bits per heavy atom. The van der Waals surface area contributed by atoms with Crippen LogP contribution in [0.15, 0.2) is 46.9 Å². The van der Waals surface area contributed by atoms with Crippen LogP contribution >= 0.6 is 0 Å². The average molecular weight is 480 g/mol. The van der Waals surface area contributed by atoms with E-state index in [-0.39, 0.29) is 11.9 Å². The second-order valence-corrected chi connectivity index (χ2v) is 8.42. The summed E-state index contributed by atoms with van der Waals surface area (Å²) in [5, 5.41) is 2.94. The molecule has 0 bridgehead atoms.